The van der Waals surface area contributed by atoms with Gasteiger partial charge < -0.3 is 0 Å². The van der Waals surface area contributed by atoms with Gasteiger partial charge in [0.1, 0.15) is 11.6 Å². The standard InChI is InChI=1S/C15H15F2IN2/c1-9-2-3-11(16)6-10(9)7-15(20-19)13-5-4-12(17)8-14(13)18/h2-6,8,15,20H,7,19H2,1H3. The largest absolute Gasteiger partial charge is 0.271 e. The van der Waals surface area contributed by atoms with E-state index in [1.807, 2.05) is 6.92 Å². The van der Waals surface area contributed by atoms with E-state index in [9.17, 15) is 8.78 Å². The smallest absolute Gasteiger partial charge is 0.124 e. The van der Waals surface area contributed by atoms with Crippen LogP contribution in [0.4, 0.5) is 8.78 Å². The van der Waals surface area contributed by atoms with Crippen LogP contribution in [0.1, 0.15) is 22.7 Å². The Morgan fingerprint density at radius 1 is 1.15 bits per heavy atom. The van der Waals surface area contributed by atoms with Crippen molar-refractivity contribution >= 4 is 22.6 Å². The molecule has 3 N–H and O–H groups in total. The van der Waals surface area contributed by atoms with Crippen molar-refractivity contribution in [3.63, 3.8) is 0 Å². The molecule has 0 radical (unpaired) electrons. The lowest BCUT2D eigenvalue weighted by Gasteiger charge is -2.19. The van der Waals surface area contributed by atoms with Gasteiger partial charge in [0, 0.05) is 3.57 Å². The number of nitrogens with one attached hydrogen (secondary N) is 1. The average Bonchev–Trinajstić information content (AvgIpc) is 2.40. The lowest BCUT2D eigenvalue weighted by molar-refractivity contribution is 0.542. The van der Waals surface area contributed by atoms with Gasteiger partial charge in [0.05, 0.1) is 6.04 Å². The number of hydrazine groups is 1. The average molecular weight is 388 g/mol. The van der Waals surface area contributed by atoms with Crippen LogP contribution in [0.15, 0.2) is 36.4 Å². The summed E-state index contributed by atoms with van der Waals surface area (Å²) in [4.78, 5) is 0. The minimum Gasteiger partial charge on any atom is -0.271 e. The Hall–Kier alpha value is -1.05. The fourth-order valence-corrected chi connectivity index (χ4v) is 2.98. The van der Waals surface area contributed by atoms with E-state index >= 15 is 0 Å². The molecule has 5 heteroatoms. The fraction of sp³-hybridized carbons (Fsp3) is 0.200. The van der Waals surface area contributed by atoms with Crippen molar-refractivity contribution in [2.45, 2.75) is 19.4 Å². The summed E-state index contributed by atoms with van der Waals surface area (Å²) < 4.78 is 27.3. The summed E-state index contributed by atoms with van der Waals surface area (Å²) in [7, 11) is 0. The molecular weight excluding hydrogens is 373 g/mol. The third-order valence-corrected chi connectivity index (χ3v) is 4.21. The minimum absolute atomic E-state index is 0.192. The third kappa shape index (κ3) is 3.53. The molecule has 0 aliphatic carbocycles. The van der Waals surface area contributed by atoms with Crippen molar-refractivity contribution in [2.24, 2.45) is 5.84 Å². The van der Waals surface area contributed by atoms with E-state index in [0.717, 1.165) is 20.3 Å². The Bertz CT molecular complexity index is 617. The second-order valence-electron chi connectivity index (χ2n) is 4.66. The Labute approximate surface area is 130 Å². The summed E-state index contributed by atoms with van der Waals surface area (Å²) in [5, 5.41) is 0. The lowest BCUT2D eigenvalue weighted by atomic mass is 9.96. The zero-order valence-corrected chi connectivity index (χ0v) is 13.1. The van der Waals surface area contributed by atoms with Crippen LogP contribution in [0, 0.1) is 22.1 Å². The summed E-state index contributed by atoms with van der Waals surface area (Å²) in [5.41, 5.74) is 5.51. The highest BCUT2D eigenvalue weighted by molar-refractivity contribution is 14.1. The number of hydrogen-bond acceptors (Lipinski definition) is 2. The number of benzene rings is 2. The molecule has 1 atom stereocenters. The van der Waals surface area contributed by atoms with E-state index in [2.05, 4.69) is 28.0 Å². The fourth-order valence-electron chi connectivity index (χ4n) is 2.12. The Kier molecular flexibility index (Phi) is 5.06. The van der Waals surface area contributed by atoms with Crippen LogP contribution in [0.3, 0.4) is 0 Å². The highest BCUT2D eigenvalue weighted by Gasteiger charge is 2.15. The first-order valence-corrected chi connectivity index (χ1v) is 7.25. The maximum atomic E-state index is 13.3. The molecule has 0 saturated carbocycles. The molecule has 0 aliphatic rings. The quantitative estimate of drug-likeness (QED) is 0.477. The number of halogens is 3. The van der Waals surface area contributed by atoms with Crippen LogP contribution < -0.4 is 11.3 Å². The number of rotatable bonds is 4. The Balaban J connectivity index is 2.31. The summed E-state index contributed by atoms with van der Waals surface area (Å²) in [6.07, 6.45) is 0.543. The molecule has 20 heavy (non-hydrogen) atoms. The van der Waals surface area contributed by atoms with Crippen molar-refractivity contribution in [3.8, 4) is 0 Å². The molecule has 0 fully saturated rings. The molecular formula is C15H15F2IN2. The molecule has 2 rings (SSSR count). The van der Waals surface area contributed by atoms with E-state index < -0.39 is 0 Å². The predicted molar refractivity (Wildman–Crippen MR) is 84.0 cm³/mol. The van der Waals surface area contributed by atoms with E-state index in [1.165, 1.54) is 24.3 Å². The van der Waals surface area contributed by atoms with Gasteiger partial charge in [0.25, 0.3) is 0 Å². The zero-order valence-electron chi connectivity index (χ0n) is 11.0. The first-order chi connectivity index (χ1) is 9.51. The molecule has 0 spiro atoms. The van der Waals surface area contributed by atoms with Gasteiger partial charge in [-0.1, -0.05) is 12.1 Å². The number of hydrogen-bond donors (Lipinski definition) is 2. The zero-order chi connectivity index (χ0) is 14.7. The van der Waals surface area contributed by atoms with Crippen LogP contribution in [0.5, 0.6) is 0 Å². The van der Waals surface area contributed by atoms with Crippen LogP contribution in [-0.4, -0.2) is 0 Å². The van der Waals surface area contributed by atoms with Crippen LogP contribution in [-0.2, 0) is 6.42 Å². The van der Waals surface area contributed by atoms with Gasteiger partial charge in [-0.3, -0.25) is 11.3 Å². The van der Waals surface area contributed by atoms with Gasteiger partial charge in [0.15, 0.2) is 0 Å². The van der Waals surface area contributed by atoms with Gasteiger partial charge in [0.2, 0.25) is 0 Å². The summed E-state index contributed by atoms with van der Waals surface area (Å²) in [6.45, 7) is 1.93. The molecule has 2 aromatic rings. The van der Waals surface area contributed by atoms with Crippen molar-refractivity contribution in [2.75, 3.05) is 0 Å². The third-order valence-electron chi connectivity index (χ3n) is 3.27. The molecule has 2 nitrogen and oxygen atoms in total. The van der Waals surface area contributed by atoms with Gasteiger partial charge in [-0.25, -0.2) is 8.78 Å². The normalized spacial score (nSPS) is 12.4. The van der Waals surface area contributed by atoms with Gasteiger partial charge in [-0.15, -0.1) is 0 Å². The maximum absolute atomic E-state index is 13.3. The van der Waals surface area contributed by atoms with E-state index in [1.54, 1.807) is 12.1 Å². The highest BCUT2D eigenvalue weighted by Crippen LogP contribution is 2.25. The SMILES string of the molecule is Cc1ccc(F)cc1CC(NN)c1ccc(F)cc1I. The second-order valence-corrected chi connectivity index (χ2v) is 5.82. The van der Waals surface area contributed by atoms with Gasteiger partial charge in [-0.05, 0) is 76.9 Å². The lowest BCUT2D eigenvalue weighted by Crippen LogP contribution is -2.30. The van der Waals surface area contributed by atoms with Crippen molar-refractivity contribution < 1.29 is 8.78 Å². The second kappa shape index (κ2) is 6.60. The van der Waals surface area contributed by atoms with E-state index in [0.29, 0.717) is 6.42 Å². The van der Waals surface area contributed by atoms with Crippen LogP contribution in [0.25, 0.3) is 0 Å². The molecule has 0 amide bonds. The molecule has 0 saturated heterocycles. The Morgan fingerprint density at radius 3 is 2.45 bits per heavy atom. The van der Waals surface area contributed by atoms with E-state index in [4.69, 9.17) is 5.84 Å². The molecule has 0 heterocycles. The van der Waals surface area contributed by atoms with Gasteiger partial charge in [-0.2, -0.15) is 0 Å². The summed E-state index contributed by atoms with van der Waals surface area (Å²) in [5.74, 6) is 5.06. The maximum Gasteiger partial charge on any atom is 0.124 e. The monoisotopic (exact) mass is 388 g/mol. The van der Waals surface area contributed by atoms with E-state index in [-0.39, 0.29) is 17.7 Å². The number of nitrogens with two attached hydrogens (primary N) is 1. The first-order valence-electron chi connectivity index (χ1n) is 6.17. The molecule has 1 unspecified atom stereocenters. The highest BCUT2D eigenvalue weighted by atomic mass is 127. The van der Waals surface area contributed by atoms with Crippen molar-refractivity contribution in [3.05, 3.63) is 68.3 Å². The summed E-state index contributed by atoms with van der Waals surface area (Å²) in [6, 6.07) is 9.06. The van der Waals surface area contributed by atoms with Crippen LogP contribution in [0.2, 0.25) is 0 Å². The van der Waals surface area contributed by atoms with Gasteiger partial charge >= 0.3 is 0 Å². The molecule has 0 aromatic heterocycles. The summed E-state index contributed by atoms with van der Waals surface area (Å²) >= 11 is 2.07. The Morgan fingerprint density at radius 2 is 1.80 bits per heavy atom. The number of aryl methyl sites for hydroxylation is 1. The van der Waals surface area contributed by atoms with Crippen LogP contribution >= 0.6 is 22.6 Å². The molecule has 0 aliphatic heterocycles. The van der Waals surface area contributed by atoms with Crippen molar-refractivity contribution in [1.29, 1.82) is 0 Å². The minimum atomic E-state index is -0.282. The van der Waals surface area contributed by atoms with Crippen molar-refractivity contribution in [1.82, 2.24) is 5.43 Å². The predicted octanol–water partition coefficient (Wildman–Crippen LogP) is 3.62. The first kappa shape index (κ1) is 15.3. The topological polar surface area (TPSA) is 38.0 Å². The molecule has 0 bridgehead atoms. The molecule has 106 valence electrons. The molecule has 2 aromatic carbocycles.